The van der Waals surface area contributed by atoms with Crippen LogP contribution in [0.2, 0.25) is 0 Å². The summed E-state index contributed by atoms with van der Waals surface area (Å²) in [6, 6.07) is 0. The normalized spacial score (nSPS) is 14.8. The first-order valence-electron chi connectivity index (χ1n) is 7.14. The zero-order chi connectivity index (χ0) is 12.9. The van der Waals surface area contributed by atoms with Crippen LogP contribution in [0.4, 0.5) is 0 Å². The van der Waals surface area contributed by atoms with E-state index >= 15 is 0 Å². The van der Waals surface area contributed by atoms with Gasteiger partial charge in [-0.25, -0.2) is 0 Å². The van der Waals surface area contributed by atoms with E-state index < -0.39 is 6.10 Å². The molecule has 3 heteroatoms. The van der Waals surface area contributed by atoms with E-state index in [4.69, 9.17) is 4.74 Å². The second kappa shape index (κ2) is 12.3. The molecule has 0 rings (SSSR count). The summed E-state index contributed by atoms with van der Waals surface area (Å²) in [6.07, 6.45) is 7.11. The predicted octanol–water partition coefficient (Wildman–Crippen LogP) is 2.89. The fourth-order valence-electron chi connectivity index (χ4n) is 1.71. The highest BCUT2D eigenvalue weighted by atomic mass is 16.5. The van der Waals surface area contributed by atoms with Crippen LogP contribution in [0, 0.1) is 0 Å². The summed E-state index contributed by atoms with van der Waals surface area (Å²) in [5, 5.41) is 19.3. The van der Waals surface area contributed by atoms with E-state index in [0.29, 0.717) is 19.4 Å². The third kappa shape index (κ3) is 12.1. The molecule has 0 heterocycles. The molecule has 0 aromatic carbocycles. The molecule has 0 saturated heterocycles. The second-order valence-corrected chi connectivity index (χ2v) is 4.81. The lowest BCUT2D eigenvalue weighted by Gasteiger charge is -2.14. The van der Waals surface area contributed by atoms with Crippen molar-refractivity contribution in [1.82, 2.24) is 0 Å². The van der Waals surface area contributed by atoms with Crippen molar-refractivity contribution < 1.29 is 14.9 Å². The Labute approximate surface area is 106 Å². The van der Waals surface area contributed by atoms with Gasteiger partial charge in [0, 0.05) is 6.61 Å². The highest BCUT2D eigenvalue weighted by Crippen LogP contribution is 2.10. The van der Waals surface area contributed by atoms with Crippen molar-refractivity contribution in [2.24, 2.45) is 0 Å². The number of aliphatic hydroxyl groups excluding tert-OH is 2. The molecular formula is C14H30O3. The first kappa shape index (κ1) is 16.9. The van der Waals surface area contributed by atoms with Crippen LogP contribution in [0.3, 0.4) is 0 Å². The lowest BCUT2D eigenvalue weighted by molar-refractivity contribution is 0.0221. The van der Waals surface area contributed by atoms with Gasteiger partial charge in [-0.05, 0) is 25.7 Å². The number of hydrogen-bond donors (Lipinski definition) is 2. The number of rotatable bonds is 12. The minimum absolute atomic E-state index is 0.258. The Kier molecular flexibility index (Phi) is 12.3. The third-order valence-corrected chi connectivity index (χ3v) is 2.93. The fraction of sp³-hybridized carbons (Fsp3) is 1.00. The van der Waals surface area contributed by atoms with Gasteiger partial charge >= 0.3 is 0 Å². The van der Waals surface area contributed by atoms with Gasteiger partial charge in [-0.2, -0.15) is 0 Å². The van der Waals surface area contributed by atoms with E-state index in [-0.39, 0.29) is 6.10 Å². The van der Waals surface area contributed by atoms with Gasteiger partial charge in [0.05, 0.1) is 18.8 Å². The van der Waals surface area contributed by atoms with Crippen molar-refractivity contribution in [3.8, 4) is 0 Å². The quantitative estimate of drug-likeness (QED) is 0.521. The van der Waals surface area contributed by atoms with E-state index in [1.54, 1.807) is 0 Å². The smallest absolute Gasteiger partial charge is 0.0774 e. The molecule has 0 aliphatic heterocycles. The van der Waals surface area contributed by atoms with Crippen molar-refractivity contribution in [2.75, 3.05) is 13.2 Å². The molecule has 0 saturated carbocycles. The molecule has 0 spiro atoms. The lowest BCUT2D eigenvalue weighted by atomic mass is 10.0. The van der Waals surface area contributed by atoms with Gasteiger partial charge in [0.25, 0.3) is 0 Å². The molecule has 0 fully saturated rings. The summed E-state index contributed by atoms with van der Waals surface area (Å²) in [7, 11) is 0. The molecule has 2 atom stereocenters. The van der Waals surface area contributed by atoms with Gasteiger partial charge in [-0.1, -0.05) is 39.5 Å². The van der Waals surface area contributed by atoms with Gasteiger partial charge < -0.3 is 14.9 Å². The molecule has 2 N–H and O–H groups in total. The van der Waals surface area contributed by atoms with E-state index in [0.717, 1.165) is 32.3 Å². The average Bonchev–Trinajstić information content (AvgIpc) is 2.32. The molecule has 0 aliphatic rings. The Balaban J connectivity index is 3.32. The molecule has 0 amide bonds. The summed E-state index contributed by atoms with van der Waals surface area (Å²) in [5.41, 5.74) is 0. The highest BCUT2D eigenvalue weighted by Gasteiger charge is 2.09. The lowest BCUT2D eigenvalue weighted by Crippen LogP contribution is -2.18. The molecule has 0 aliphatic carbocycles. The van der Waals surface area contributed by atoms with Crippen LogP contribution in [-0.4, -0.2) is 35.6 Å². The molecule has 104 valence electrons. The Morgan fingerprint density at radius 3 is 2.12 bits per heavy atom. The van der Waals surface area contributed by atoms with Crippen LogP contribution in [0.5, 0.6) is 0 Å². The Morgan fingerprint density at radius 1 is 0.824 bits per heavy atom. The summed E-state index contributed by atoms with van der Waals surface area (Å²) in [6.45, 7) is 5.41. The molecule has 0 radical (unpaired) electrons. The molecule has 0 unspecified atom stereocenters. The summed E-state index contributed by atoms with van der Waals surface area (Å²) < 4.78 is 5.34. The standard InChI is InChI=1S/C14H30O3/c1-3-5-7-8-13(15)9-10-14(16)12-17-11-6-4-2/h13-16H,3-12H2,1-2H3/t13-,14-/m1/s1. The van der Waals surface area contributed by atoms with E-state index in [2.05, 4.69) is 13.8 Å². The van der Waals surface area contributed by atoms with Gasteiger partial charge in [-0.15, -0.1) is 0 Å². The maximum atomic E-state index is 9.68. The maximum absolute atomic E-state index is 9.68. The fourth-order valence-corrected chi connectivity index (χ4v) is 1.71. The van der Waals surface area contributed by atoms with Gasteiger partial charge in [0.1, 0.15) is 0 Å². The van der Waals surface area contributed by atoms with E-state index in [1.807, 2.05) is 0 Å². The SMILES string of the molecule is CCCCC[C@@H](O)CC[C@@H](O)COCCCC. The van der Waals surface area contributed by atoms with Crippen LogP contribution >= 0.6 is 0 Å². The van der Waals surface area contributed by atoms with E-state index in [1.165, 1.54) is 12.8 Å². The minimum Gasteiger partial charge on any atom is -0.393 e. The number of unbranched alkanes of at least 4 members (excludes halogenated alkanes) is 3. The number of hydrogen-bond acceptors (Lipinski definition) is 3. The maximum Gasteiger partial charge on any atom is 0.0774 e. The Hall–Kier alpha value is -0.120. The second-order valence-electron chi connectivity index (χ2n) is 4.81. The van der Waals surface area contributed by atoms with Crippen molar-refractivity contribution in [3.63, 3.8) is 0 Å². The molecule has 0 aromatic heterocycles. The number of aliphatic hydroxyl groups is 2. The van der Waals surface area contributed by atoms with Gasteiger partial charge in [0.15, 0.2) is 0 Å². The summed E-state index contributed by atoms with van der Waals surface area (Å²) in [4.78, 5) is 0. The molecular weight excluding hydrogens is 216 g/mol. The Bertz CT molecular complexity index is 150. The topological polar surface area (TPSA) is 49.7 Å². The van der Waals surface area contributed by atoms with Crippen molar-refractivity contribution in [2.45, 2.75) is 77.4 Å². The van der Waals surface area contributed by atoms with E-state index in [9.17, 15) is 10.2 Å². The van der Waals surface area contributed by atoms with Crippen LogP contribution in [0.25, 0.3) is 0 Å². The first-order valence-corrected chi connectivity index (χ1v) is 7.14. The van der Waals surface area contributed by atoms with Crippen molar-refractivity contribution >= 4 is 0 Å². The summed E-state index contributed by atoms with van der Waals surface area (Å²) >= 11 is 0. The number of ether oxygens (including phenoxy) is 1. The van der Waals surface area contributed by atoms with Crippen LogP contribution in [-0.2, 0) is 4.74 Å². The molecule has 17 heavy (non-hydrogen) atoms. The minimum atomic E-state index is -0.423. The average molecular weight is 246 g/mol. The molecule has 3 nitrogen and oxygen atoms in total. The monoisotopic (exact) mass is 246 g/mol. The first-order chi connectivity index (χ1) is 8.20. The van der Waals surface area contributed by atoms with Crippen molar-refractivity contribution in [1.29, 1.82) is 0 Å². The zero-order valence-electron chi connectivity index (χ0n) is 11.5. The highest BCUT2D eigenvalue weighted by molar-refractivity contribution is 4.61. The predicted molar refractivity (Wildman–Crippen MR) is 71.1 cm³/mol. The summed E-state index contributed by atoms with van der Waals surface area (Å²) in [5.74, 6) is 0. The van der Waals surface area contributed by atoms with Gasteiger partial charge in [0.2, 0.25) is 0 Å². The zero-order valence-corrected chi connectivity index (χ0v) is 11.5. The molecule has 0 bridgehead atoms. The van der Waals surface area contributed by atoms with Gasteiger partial charge in [-0.3, -0.25) is 0 Å². The van der Waals surface area contributed by atoms with Crippen LogP contribution in [0.1, 0.15) is 65.2 Å². The van der Waals surface area contributed by atoms with Crippen molar-refractivity contribution in [3.05, 3.63) is 0 Å². The third-order valence-electron chi connectivity index (χ3n) is 2.93. The molecule has 0 aromatic rings. The largest absolute Gasteiger partial charge is 0.393 e. The Morgan fingerprint density at radius 2 is 1.47 bits per heavy atom. The van der Waals surface area contributed by atoms with Crippen LogP contribution in [0.15, 0.2) is 0 Å². The van der Waals surface area contributed by atoms with Crippen LogP contribution < -0.4 is 0 Å².